The van der Waals surface area contributed by atoms with E-state index < -0.39 is 0 Å². The van der Waals surface area contributed by atoms with E-state index in [1.165, 1.54) is 19.3 Å². The molecule has 1 aromatic carbocycles. The molecule has 0 bridgehead atoms. The second kappa shape index (κ2) is 10.0. The molecule has 6 heterocycles. The van der Waals surface area contributed by atoms with Gasteiger partial charge in [0, 0.05) is 74.2 Å². The number of ether oxygens (including phenoxy) is 1. The number of carbonyl (C=O) groups is 1. The van der Waals surface area contributed by atoms with Crippen molar-refractivity contribution in [2.24, 2.45) is 29.6 Å². The molecule has 11 heteroatoms. The van der Waals surface area contributed by atoms with Crippen molar-refractivity contribution in [2.45, 2.75) is 44.8 Å². The number of carbonyl (C=O) groups excluding carboxylic acids is 1. The van der Waals surface area contributed by atoms with Gasteiger partial charge in [0.05, 0.1) is 22.8 Å². The molecular formula is C35H35BrN8O2. The van der Waals surface area contributed by atoms with Gasteiger partial charge in [-0.25, -0.2) is 19.9 Å². The van der Waals surface area contributed by atoms with Crippen molar-refractivity contribution in [3.8, 4) is 17.3 Å². The van der Waals surface area contributed by atoms with Crippen LogP contribution in [-0.4, -0.2) is 72.7 Å². The van der Waals surface area contributed by atoms with Crippen molar-refractivity contribution in [1.29, 1.82) is 0 Å². The number of imidazole rings is 1. The summed E-state index contributed by atoms with van der Waals surface area (Å²) in [6, 6.07) is 10.7. The van der Waals surface area contributed by atoms with Crippen LogP contribution < -0.4 is 9.64 Å². The van der Waals surface area contributed by atoms with Gasteiger partial charge in [-0.05, 0) is 95.6 Å². The number of rotatable bonds is 8. The van der Waals surface area contributed by atoms with Crippen molar-refractivity contribution in [1.82, 2.24) is 34.0 Å². The molecule has 5 aromatic rings. The first-order chi connectivity index (χ1) is 22.5. The number of methoxy groups -OCH3 is 1. The summed E-state index contributed by atoms with van der Waals surface area (Å²) < 4.78 is 11.6. The van der Waals surface area contributed by atoms with E-state index in [1.807, 2.05) is 24.4 Å². The standard InChI is InChI=1S/C35H35BrN8O2/c1-46-29-11-23(34(45)43-18-24-7-22-10-27(43)30(22)24)8-26-31(29)44(17-20-14-41(15-20)35-38-12-25(36)13-39-35)33(40-26)28-9-21-3-2-6-37-32(21)42(28)16-19-4-5-19/h2-3,6,8-9,11-13,19-20,22,24,27,30H,4-5,7,10,14-18H2,1H3/t22?,24?,27?,30-/m1/s1. The number of aromatic nitrogens is 6. The number of nitrogens with zero attached hydrogens (tertiary/aromatic N) is 8. The summed E-state index contributed by atoms with van der Waals surface area (Å²) in [5, 5.41) is 1.12. The number of hydrogen-bond acceptors (Lipinski definition) is 7. The number of amides is 1. The van der Waals surface area contributed by atoms with Crippen molar-refractivity contribution >= 4 is 49.9 Å². The Kier molecular flexibility index (Phi) is 5.90. The average Bonchev–Trinajstić information content (AvgIpc) is 3.69. The van der Waals surface area contributed by atoms with Crippen molar-refractivity contribution in [3.05, 3.63) is 59.0 Å². The van der Waals surface area contributed by atoms with Crippen LogP contribution in [0.15, 0.2) is 53.4 Å². The summed E-state index contributed by atoms with van der Waals surface area (Å²) in [5.41, 5.74) is 4.47. The highest BCUT2D eigenvalue weighted by atomic mass is 79.9. The molecular weight excluding hydrogens is 644 g/mol. The lowest BCUT2D eigenvalue weighted by atomic mass is 9.53. The first kappa shape index (κ1) is 27.2. The highest BCUT2D eigenvalue weighted by Crippen LogP contribution is 2.60. The van der Waals surface area contributed by atoms with E-state index in [0.29, 0.717) is 35.1 Å². The fourth-order valence-corrected chi connectivity index (χ4v) is 9.04. The zero-order valence-corrected chi connectivity index (χ0v) is 27.3. The molecule has 4 aromatic heterocycles. The molecule has 0 radical (unpaired) electrons. The summed E-state index contributed by atoms with van der Waals surface area (Å²) in [7, 11) is 1.70. The van der Waals surface area contributed by atoms with Gasteiger partial charge < -0.3 is 23.7 Å². The molecule has 5 aliphatic rings. The Hall–Kier alpha value is -3.99. The highest BCUT2D eigenvalue weighted by Gasteiger charge is 2.61. The zero-order valence-electron chi connectivity index (χ0n) is 25.7. The van der Waals surface area contributed by atoms with Crippen LogP contribution in [0.1, 0.15) is 36.0 Å². The molecule has 3 aliphatic carbocycles. The van der Waals surface area contributed by atoms with Crippen LogP contribution in [0.4, 0.5) is 5.95 Å². The van der Waals surface area contributed by atoms with Crippen LogP contribution >= 0.6 is 15.9 Å². The molecule has 3 unspecified atom stereocenters. The molecule has 1 amide bonds. The second-order valence-corrected chi connectivity index (χ2v) is 15.1. The first-order valence-corrected chi connectivity index (χ1v) is 17.4. The maximum atomic E-state index is 14.0. The number of hydrogen-bond donors (Lipinski definition) is 0. The molecule has 10 nitrogen and oxygen atoms in total. The molecule has 234 valence electrons. The first-order valence-electron chi connectivity index (χ1n) is 16.6. The van der Waals surface area contributed by atoms with E-state index in [2.05, 4.69) is 57.0 Å². The predicted octanol–water partition coefficient (Wildman–Crippen LogP) is 5.64. The Labute approximate surface area is 274 Å². The smallest absolute Gasteiger partial charge is 0.254 e. The van der Waals surface area contributed by atoms with E-state index in [4.69, 9.17) is 14.7 Å². The van der Waals surface area contributed by atoms with Crippen molar-refractivity contribution in [3.63, 3.8) is 0 Å². The number of likely N-dealkylation sites (tertiary alicyclic amines) is 1. The lowest BCUT2D eigenvalue weighted by Crippen LogP contribution is -2.53. The largest absolute Gasteiger partial charge is 0.494 e. The van der Waals surface area contributed by atoms with Crippen LogP contribution in [0.5, 0.6) is 5.75 Å². The number of benzene rings is 1. The second-order valence-electron chi connectivity index (χ2n) is 14.2. The number of halogens is 1. The molecule has 10 rings (SSSR count). The minimum atomic E-state index is 0.116. The van der Waals surface area contributed by atoms with E-state index in [9.17, 15) is 4.79 Å². The van der Waals surface area contributed by atoms with E-state index >= 15 is 0 Å². The SMILES string of the molecule is COc1cc(C(=O)N2CC3CC4CC2[C@H]43)cc2nc(-c3cc4cccnc4n3CC3CC3)n(CC3CN(c4ncc(Br)cn4)C3)c12. The van der Waals surface area contributed by atoms with Gasteiger partial charge >= 0.3 is 0 Å². The van der Waals surface area contributed by atoms with Gasteiger partial charge in [0.1, 0.15) is 16.9 Å². The molecule has 0 N–H and O–H groups in total. The fourth-order valence-electron chi connectivity index (χ4n) is 8.84. The third-order valence-corrected chi connectivity index (χ3v) is 11.8. The number of pyridine rings is 1. The number of fused-ring (bicyclic) bond motifs is 2. The average molecular weight is 680 g/mol. The third kappa shape index (κ3) is 4.09. The molecule has 0 spiro atoms. The minimum Gasteiger partial charge on any atom is -0.494 e. The maximum Gasteiger partial charge on any atom is 0.254 e. The van der Waals surface area contributed by atoms with Gasteiger partial charge in [-0.3, -0.25) is 4.79 Å². The Bertz CT molecular complexity index is 2030. The van der Waals surface area contributed by atoms with Crippen LogP contribution in [-0.2, 0) is 13.1 Å². The van der Waals surface area contributed by atoms with Gasteiger partial charge in [-0.2, -0.15) is 0 Å². The van der Waals surface area contributed by atoms with Gasteiger partial charge in [0.25, 0.3) is 5.91 Å². The van der Waals surface area contributed by atoms with Gasteiger partial charge in [-0.15, -0.1) is 0 Å². The van der Waals surface area contributed by atoms with Gasteiger partial charge in [0.15, 0.2) is 5.82 Å². The Morgan fingerprint density at radius 3 is 2.57 bits per heavy atom. The van der Waals surface area contributed by atoms with Crippen molar-refractivity contribution < 1.29 is 9.53 Å². The van der Waals surface area contributed by atoms with E-state index in [1.54, 1.807) is 19.5 Å². The van der Waals surface area contributed by atoms with Gasteiger partial charge in [-0.1, -0.05) is 0 Å². The van der Waals surface area contributed by atoms with Crippen LogP contribution in [0.3, 0.4) is 0 Å². The molecule has 5 fully saturated rings. The zero-order chi connectivity index (χ0) is 30.7. The van der Waals surface area contributed by atoms with E-state index in [-0.39, 0.29) is 5.91 Å². The van der Waals surface area contributed by atoms with Crippen LogP contribution in [0.2, 0.25) is 0 Å². The molecule has 2 saturated heterocycles. The summed E-state index contributed by atoms with van der Waals surface area (Å²) in [6.07, 6.45) is 10.4. The van der Waals surface area contributed by atoms with E-state index in [0.717, 1.165) is 95.0 Å². The van der Waals surface area contributed by atoms with Crippen LogP contribution in [0.25, 0.3) is 33.6 Å². The molecule has 2 aliphatic heterocycles. The quantitative estimate of drug-likeness (QED) is 0.210. The monoisotopic (exact) mass is 678 g/mol. The lowest BCUT2D eigenvalue weighted by molar-refractivity contribution is -0.0204. The van der Waals surface area contributed by atoms with Crippen molar-refractivity contribution in [2.75, 3.05) is 31.6 Å². The molecule has 4 atom stereocenters. The summed E-state index contributed by atoms with van der Waals surface area (Å²) in [5.74, 6) is 5.77. The predicted molar refractivity (Wildman–Crippen MR) is 178 cm³/mol. The molecule has 3 saturated carbocycles. The fraction of sp³-hybridized carbons (Fsp3) is 0.457. The molecule has 46 heavy (non-hydrogen) atoms. The Morgan fingerprint density at radius 1 is 0.978 bits per heavy atom. The minimum absolute atomic E-state index is 0.116. The maximum absolute atomic E-state index is 14.0. The van der Waals surface area contributed by atoms with Gasteiger partial charge in [0.2, 0.25) is 5.95 Å². The number of anilines is 1. The Balaban J connectivity index is 1.07. The topological polar surface area (TPSA) is 94.2 Å². The summed E-state index contributed by atoms with van der Waals surface area (Å²) >= 11 is 3.44. The normalized spacial score (nSPS) is 25.0. The van der Waals surface area contributed by atoms with Crippen LogP contribution in [0, 0.1) is 29.6 Å². The summed E-state index contributed by atoms with van der Waals surface area (Å²) in [4.78, 5) is 37.5. The summed E-state index contributed by atoms with van der Waals surface area (Å²) in [6.45, 7) is 4.29. The lowest BCUT2D eigenvalue weighted by Gasteiger charge is -2.52. The third-order valence-electron chi connectivity index (χ3n) is 11.4. The highest BCUT2D eigenvalue weighted by molar-refractivity contribution is 9.10. The Morgan fingerprint density at radius 2 is 1.80 bits per heavy atom.